The van der Waals surface area contributed by atoms with E-state index in [9.17, 15) is 4.79 Å². The number of hydrogen-bond donors (Lipinski definition) is 1. The Morgan fingerprint density at radius 1 is 1.04 bits per heavy atom. The summed E-state index contributed by atoms with van der Waals surface area (Å²) in [6.07, 6.45) is 0. The first-order valence-corrected chi connectivity index (χ1v) is 9.09. The van der Waals surface area contributed by atoms with Crippen LogP contribution in [0.4, 0.5) is 11.5 Å². The van der Waals surface area contributed by atoms with Gasteiger partial charge in [0.1, 0.15) is 0 Å². The highest BCUT2D eigenvalue weighted by Gasteiger charge is 2.08. The van der Waals surface area contributed by atoms with Gasteiger partial charge in [-0.15, -0.1) is 5.10 Å². The van der Waals surface area contributed by atoms with E-state index in [1.165, 1.54) is 0 Å². The number of carbonyl (C=O) groups excluding carboxylic acids is 1. The monoisotopic (exact) mass is 371 g/mol. The number of methoxy groups -OCH3 is 1. The van der Waals surface area contributed by atoms with Gasteiger partial charge in [0.15, 0.2) is 11.6 Å². The fourth-order valence-electron chi connectivity index (χ4n) is 3.17. The van der Waals surface area contributed by atoms with Crippen molar-refractivity contribution in [3.63, 3.8) is 0 Å². The quantitative estimate of drug-likeness (QED) is 0.480. The molecule has 0 saturated carbocycles. The zero-order chi connectivity index (χ0) is 19.5. The highest BCUT2D eigenvalue weighted by Crippen LogP contribution is 2.24. The van der Waals surface area contributed by atoms with Gasteiger partial charge in [0.25, 0.3) is 0 Å². The normalized spacial score (nSPS) is 10.9. The zero-order valence-electron chi connectivity index (χ0n) is 15.8. The Kier molecular flexibility index (Phi) is 4.91. The second-order valence-corrected chi connectivity index (χ2v) is 6.67. The predicted octanol–water partition coefficient (Wildman–Crippen LogP) is 5.09. The molecule has 0 atom stereocenters. The summed E-state index contributed by atoms with van der Waals surface area (Å²) >= 11 is 0. The third-order valence-electron chi connectivity index (χ3n) is 4.61. The van der Waals surface area contributed by atoms with Crippen molar-refractivity contribution in [3.8, 4) is 11.3 Å². The molecule has 0 spiro atoms. The summed E-state index contributed by atoms with van der Waals surface area (Å²) in [4.78, 5) is 11.4. The lowest BCUT2D eigenvalue weighted by molar-refractivity contribution is 0.101. The topological polar surface area (TPSA) is 55.6 Å². The van der Waals surface area contributed by atoms with E-state index >= 15 is 0 Å². The van der Waals surface area contributed by atoms with Crippen molar-refractivity contribution in [3.05, 3.63) is 83.9 Å². The number of carbonyl (C=O) groups is 1. The second-order valence-electron chi connectivity index (χ2n) is 6.67. The lowest BCUT2D eigenvalue weighted by Crippen LogP contribution is -1.97. The highest BCUT2D eigenvalue weighted by molar-refractivity contribution is 5.94. The minimum atomic E-state index is 0.0560. The number of hydrogen-bond acceptors (Lipinski definition) is 4. The molecule has 0 amide bonds. The Morgan fingerprint density at radius 2 is 1.79 bits per heavy atom. The van der Waals surface area contributed by atoms with Gasteiger partial charge in [0.2, 0.25) is 0 Å². The zero-order valence-corrected chi connectivity index (χ0v) is 15.8. The van der Waals surface area contributed by atoms with E-state index in [2.05, 4.69) is 35.6 Å². The summed E-state index contributed by atoms with van der Waals surface area (Å²) in [6.45, 7) is 2.16. The molecule has 0 bridgehead atoms. The molecule has 0 saturated heterocycles. The molecule has 5 heteroatoms. The van der Waals surface area contributed by atoms with Crippen LogP contribution >= 0.6 is 0 Å². The number of fused-ring (bicyclic) bond motifs is 1. The van der Waals surface area contributed by atoms with Crippen LogP contribution in [0.2, 0.25) is 0 Å². The van der Waals surface area contributed by atoms with Crippen molar-refractivity contribution in [2.75, 3.05) is 12.4 Å². The minimum absolute atomic E-state index is 0.0560. The highest BCUT2D eigenvalue weighted by atomic mass is 16.5. The summed E-state index contributed by atoms with van der Waals surface area (Å²) in [5, 5.41) is 8.02. The van der Waals surface area contributed by atoms with Crippen molar-refractivity contribution < 1.29 is 9.53 Å². The van der Waals surface area contributed by atoms with Gasteiger partial charge in [-0.05, 0) is 48.9 Å². The van der Waals surface area contributed by atoms with E-state index in [-0.39, 0.29) is 5.78 Å². The third kappa shape index (κ3) is 3.66. The Hall–Kier alpha value is -3.44. The van der Waals surface area contributed by atoms with Crippen molar-refractivity contribution >= 4 is 22.8 Å². The molecule has 0 aliphatic heterocycles. The first-order valence-electron chi connectivity index (χ1n) is 9.09. The number of anilines is 2. The van der Waals surface area contributed by atoms with Gasteiger partial charge >= 0.3 is 0 Å². The number of nitrogens with one attached hydrogen (secondary N) is 1. The number of ether oxygens (including phenoxy) is 1. The molecule has 28 heavy (non-hydrogen) atoms. The number of pyridine rings is 1. The number of Topliss-reactive ketones (excluding diaryl/α,β-unsaturated/α-hetero) is 1. The van der Waals surface area contributed by atoms with Gasteiger partial charge in [0.05, 0.1) is 17.8 Å². The van der Waals surface area contributed by atoms with E-state index in [1.54, 1.807) is 14.0 Å². The summed E-state index contributed by atoms with van der Waals surface area (Å²) in [5.41, 5.74) is 5.82. The maximum Gasteiger partial charge on any atom is 0.159 e. The molecule has 0 fully saturated rings. The van der Waals surface area contributed by atoms with Crippen LogP contribution in [0, 0.1) is 0 Å². The number of aromatic nitrogens is 2. The van der Waals surface area contributed by atoms with Gasteiger partial charge in [0, 0.05) is 30.0 Å². The number of nitrogens with zero attached hydrogens (tertiary/aromatic N) is 2. The van der Waals surface area contributed by atoms with Crippen LogP contribution in [-0.2, 0) is 11.3 Å². The molecule has 2 aromatic carbocycles. The van der Waals surface area contributed by atoms with Crippen molar-refractivity contribution in [2.24, 2.45) is 0 Å². The lowest BCUT2D eigenvalue weighted by atomic mass is 10.1. The Bertz CT molecular complexity index is 1110. The van der Waals surface area contributed by atoms with Crippen LogP contribution in [0.15, 0.2) is 72.8 Å². The summed E-state index contributed by atoms with van der Waals surface area (Å²) < 4.78 is 7.11. The fraction of sp³-hybridized carbons (Fsp3) is 0.130. The van der Waals surface area contributed by atoms with Crippen molar-refractivity contribution in [1.82, 2.24) is 9.61 Å². The SMILES string of the molecule is COCc1ccc(-c2cccc3cc(Nc4ccc(C(C)=O)cc4)nn23)cc1. The molecule has 4 aromatic rings. The van der Waals surface area contributed by atoms with Crippen LogP contribution in [0.1, 0.15) is 22.8 Å². The van der Waals surface area contributed by atoms with Gasteiger partial charge in [-0.2, -0.15) is 0 Å². The standard InChI is InChI=1S/C23H21N3O2/c1-16(27)18-10-12-20(13-11-18)24-23-14-21-4-3-5-22(26(21)25-23)19-8-6-17(7-9-19)15-28-2/h3-14H,15H2,1-2H3,(H,24,25). The molecule has 0 aliphatic carbocycles. The van der Waals surface area contributed by atoms with E-state index in [0.29, 0.717) is 12.2 Å². The van der Waals surface area contributed by atoms with Crippen LogP contribution in [0.3, 0.4) is 0 Å². The van der Waals surface area contributed by atoms with Crippen molar-refractivity contribution in [1.29, 1.82) is 0 Å². The molecule has 4 rings (SSSR count). The van der Waals surface area contributed by atoms with Crippen LogP contribution in [-0.4, -0.2) is 22.5 Å². The third-order valence-corrected chi connectivity index (χ3v) is 4.61. The molecular formula is C23H21N3O2. The number of rotatable bonds is 6. The Balaban J connectivity index is 1.64. The second kappa shape index (κ2) is 7.66. The summed E-state index contributed by atoms with van der Waals surface area (Å²) in [5.74, 6) is 0.805. The molecule has 5 nitrogen and oxygen atoms in total. The average Bonchev–Trinajstić information content (AvgIpc) is 3.12. The van der Waals surface area contributed by atoms with Gasteiger partial charge in [-0.3, -0.25) is 4.79 Å². The van der Waals surface area contributed by atoms with Gasteiger partial charge in [-0.1, -0.05) is 30.3 Å². The fourth-order valence-corrected chi connectivity index (χ4v) is 3.17. The molecule has 2 heterocycles. The van der Waals surface area contributed by atoms with Gasteiger partial charge in [-0.25, -0.2) is 4.52 Å². The molecule has 0 aliphatic rings. The maximum atomic E-state index is 11.4. The maximum absolute atomic E-state index is 11.4. The summed E-state index contributed by atoms with van der Waals surface area (Å²) in [6, 6.07) is 23.8. The van der Waals surface area contributed by atoms with Crippen LogP contribution < -0.4 is 5.32 Å². The average molecular weight is 371 g/mol. The van der Waals surface area contributed by atoms with Crippen LogP contribution in [0.5, 0.6) is 0 Å². The summed E-state index contributed by atoms with van der Waals surface area (Å²) in [7, 11) is 1.70. The molecule has 2 aromatic heterocycles. The first kappa shape index (κ1) is 17.9. The Labute approximate surface area is 163 Å². The largest absolute Gasteiger partial charge is 0.380 e. The van der Waals surface area contributed by atoms with E-state index < -0.39 is 0 Å². The predicted molar refractivity (Wildman–Crippen MR) is 111 cm³/mol. The van der Waals surface area contributed by atoms with Crippen LogP contribution in [0.25, 0.3) is 16.8 Å². The molecule has 140 valence electrons. The number of benzene rings is 2. The Morgan fingerprint density at radius 3 is 2.46 bits per heavy atom. The number of ketones is 1. The van der Waals surface area contributed by atoms with Gasteiger partial charge < -0.3 is 10.1 Å². The smallest absolute Gasteiger partial charge is 0.159 e. The minimum Gasteiger partial charge on any atom is -0.380 e. The molecule has 1 N–H and O–H groups in total. The molecular weight excluding hydrogens is 350 g/mol. The van der Waals surface area contributed by atoms with E-state index in [4.69, 9.17) is 9.84 Å². The molecule has 0 radical (unpaired) electrons. The van der Waals surface area contributed by atoms with E-state index in [1.807, 2.05) is 47.0 Å². The first-order chi connectivity index (χ1) is 13.6. The molecule has 0 unspecified atom stereocenters. The van der Waals surface area contributed by atoms with Crippen molar-refractivity contribution in [2.45, 2.75) is 13.5 Å². The lowest BCUT2D eigenvalue weighted by Gasteiger charge is -2.06. The van der Waals surface area contributed by atoms with E-state index in [0.717, 1.165) is 33.8 Å².